The molecule has 3 rings (SSSR count). The first kappa shape index (κ1) is 15.3. The Hall–Kier alpha value is -1.65. The number of amides is 1. The number of hydrogen-bond donors (Lipinski definition) is 1. The summed E-state index contributed by atoms with van der Waals surface area (Å²) in [6.45, 7) is 0.723. The molecule has 0 spiro atoms. The Bertz CT molecular complexity index is 690. The molecule has 1 N–H and O–H groups in total. The molecule has 0 bridgehead atoms. The van der Waals surface area contributed by atoms with Crippen molar-refractivity contribution in [1.29, 1.82) is 0 Å². The molecule has 1 aliphatic heterocycles. The quantitative estimate of drug-likeness (QED) is 0.824. The third-order valence-corrected chi connectivity index (χ3v) is 4.91. The van der Waals surface area contributed by atoms with Gasteiger partial charge in [0.1, 0.15) is 5.75 Å². The van der Waals surface area contributed by atoms with E-state index in [1.807, 2.05) is 42.5 Å². The van der Waals surface area contributed by atoms with Crippen molar-refractivity contribution in [3.8, 4) is 5.75 Å². The number of nitrogens with one attached hydrogen (secondary N) is 1. The van der Waals surface area contributed by atoms with Gasteiger partial charge in [0.2, 0.25) is 5.91 Å². The van der Waals surface area contributed by atoms with Gasteiger partial charge in [-0.25, -0.2) is 0 Å². The smallest absolute Gasteiger partial charge is 0.225 e. The standard InChI is InChI=1S/C17H16ClNO2S/c18-14-3-1-2-4-16(14)22-10-8-17(20)19-13-5-6-15-12(11-13)7-9-21-15/h1-6,11H,7-10H2,(H,19,20). The Morgan fingerprint density at radius 3 is 3.00 bits per heavy atom. The van der Waals surface area contributed by atoms with Gasteiger partial charge in [0, 0.05) is 29.2 Å². The van der Waals surface area contributed by atoms with Crippen LogP contribution in [0.25, 0.3) is 0 Å². The number of carbonyl (C=O) groups excluding carboxylic acids is 1. The molecule has 0 radical (unpaired) electrons. The van der Waals surface area contributed by atoms with Gasteiger partial charge < -0.3 is 10.1 Å². The van der Waals surface area contributed by atoms with E-state index < -0.39 is 0 Å². The van der Waals surface area contributed by atoms with Crippen LogP contribution in [0.1, 0.15) is 12.0 Å². The van der Waals surface area contributed by atoms with Crippen molar-refractivity contribution in [1.82, 2.24) is 0 Å². The van der Waals surface area contributed by atoms with Crippen LogP contribution < -0.4 is 10.1 Å². The van der Waals surface area contributed by atoms with E-state index in [2.05, 4.69) is 5.32 Å². The molecule has 5 heteroatoms. The van der Waals surface area contributed by atoms with Gasteiger partial charge in [-0.15, -0.1) is 11.8 Å². The van der Waals surface area contributed by atoms with Gasteiger partial charge >= 0.3 is 0 Å². The minimum Gasteiger partial charge on any atom is -0.493 e. The zero-order valence-electron chi connectivity index (χ0n) is 12.0. The fourth-order valence-electron chi connectivity index (χ4n) is 2.30. The van der Waals surface area contributed by atoms with Crippen LogP contribution in [-0.4, -0.2) is 18.3 Å². The number of ether oxygens (including phenoxy) is 1. The lowest BCUT2D eigenvalue weighted by Gasteiger charge is -2.07. The number of anilines is 1. The summed E-state index contributed by atoms with van der Waals surface area (Å²) in [6.07, 6.45) is 1.35. The highest BCUT2D eigenvalue weighted by molar-refractivity contribution is 7.99. The van der Waals surface area contributed by atoms with Crippen LogP contribution in [0.3, 0.4) is 0 Å². The molecule has 114 valence electrons. The molecular weight excluding hydrogens is 318 g/mol. The van der Waals surface area contributed by atoms with Crippen LogP contribution >= 0.6 is 23.4 Å². The van der Waals surface area contributed by atoms with Crippen LogP contribution in [0.2, 0.25) is 5.02 Å². The number of carbonyl (C=O) groups is 1. The van der Waals surface area contributed by atoms with Gasteiger partial charge in [-0.3, -0.25) is 4.79 Å². The monoisotopic (exact) mass is 333 g/mol. The molecule has 3 nitrogen and oxygen atoms in total. The lowest BCUT2D eigenvalue weighted by atomic mass is 10.1. The van der Waals surface area contributed by atoms with Crippen molar-refractivity contribution in [2.75, 3.05) is 17.7 Å². The second kappa shape index (κ2) is 7.07. The van der Waals surface area contributed by atoms with E-state index in [0.717, 1.165) is 39.9 Å². The van der Waals surface area contributed by atoms with Gasteiger partial charge in [-0.05, 0) is 35.9 Å². The van der Waals surface area contributed by atoms with Crippen molar-refractivity contribution in [3.05, 3.63) is 53.1 Å². The summed E-state index contributed by atoms with van der Waals surface area (Å²) in [4.78, 5) is 13.0. The molecule has 0 saturated heterocycles. The van der Waals surface area contributed by atoms with Crippen LogP contribution in [0.15, 0.2) is 47.4 Å². The Balaban J connectivity index is 1.49. The SMILES string of the molecule is O=C(CCSc1ccccc1Cl)Nc1ccc2c(c1)CCO2. The van der Waals surface area contributed by atoms with Crippen LogP contribution in [0.4, 0.5) is 5.69 Å². The second-order valence-electron chi connectivity index (χ2n) is 5.00. The van der Waals surface area contributed by atoms with Gasteiger partial charge in [0.25, 0.3) is 0 Å². The molecule has 0 saturated carbocycles. The maximum absolute atomic E-state index is 12.0. The summed E-state index contributed by atoms with van der Waals surface area (Å²) in [6, 6.07) is 13.4. The van der Waals surface area contributed by atoms with E-state index in [-0.39, 0.29) is 5.91 Å². The first-order valence-corrected chi connectivity index (χ1v) is 8.51. The predicted molar refractivity (Wildman–Crippen MR) is 91.1 cm³/mol. The van der Waals surface area contributed by atoms with E-state index in [9.17, 15) is 4.79 Å². The first-order chi connectivity index (χ1) is 10.7. The molecule has 0 aromatic heterocycles. The topological polar surface area (TPSA) is 38.3 Å². The van der Waals surface area contributed by atoms with E-state index >= 15 is 0 Å². The first-order valence-electron chi connectivity index (χ1n) is 7.15. The third-order valence-electron chi connectivity index (χ3n) is 3.40. The van der Waals surface area contributed by atoms with Crippen LogP contribution in [0, 0.1) is 0 Å². The molecule has 0 aliphatic carbocycles. The minimum atomic E-state index is 0.0124. The Morgan fingerprint density at radius 2 is 2.14 bits per heavy atom. The highest BCUT2D eigenvalue weighted by Gasteiger charge is 2.13. The summed E-state index contributed by atoms with van der Waals surface area (Å²) in [5.41, 5.74) is 1.99. The minimum absolute atomic E-state index is 0.0124. The number of thioether (sulfide) groups is 1. The number of benzene rings is 2. The van der Waals surface area contributed by atoms with Gasteiger partial charge in [-0.1, -0.05) is 23.7 Å². The summed E-state index contributed by atoms with van der Waals surface area (Å²) in [7, 11) is 0. The molecular formula is C17H16ClNO2S. The molecule has 0 atom stereocenters. The van der Waals surface area contributed by atoms with Crippen LogP contribution in [0.5, 0.6) is 5.75 Å². The fourth-order valence-corrected chi connectivity index (χ4v) is 3.49. The average molecular weight is 334 g/mol. The summed E-state index contributed by atoms with van der Waals surface area (Å²) >= 11 is 7.68. The van der Waals surface area contributed by atoms with E-state index in [1.54, 1.807) is 11.8 Å². The van der Waals surface area contributed by atoms with E-state index in [0.29, 0.717) is 12.2 Å². The molecule has 1 amide bonds. The zero-order valence-corrected chi connectivity index (χ0v) is 13.5. The molecule has 2 aromatic carbocycles. The lowest BCUT2D eigenvalue weighted by Crippen LogP contribution is -2.12. The number of hydrogen-bond acceptors (Lipinski definition) is 3. The summed E-state index contributed by atoms with van der Waals surface area (Å²) < 4.78 is 5.45. The average Bonchev–Trinajstić information content (AvgIpc) is 2.97. The maximum atomic E-state index is 12.0. The van der Waals surface area contributed by atoms with E-state index in [1.165, 1.54) is 0 Å². The Morgan fingerprint density at radius 1 is 1.27 bits per heavy atom. The number of halogens is 1. The predicted octanol–water partition coefficient (Wildman–Crippen LogP) is 4.40. The highest BCUT2D eigenvalue weighted by Crippen LogP contribution is 2.29. The molecule has 2 aromatic rings. The van der Waals surface area contributed by atoms with Gasteiger partial charge in [0.05, 0.1) is 11.6 Å². The lowest BCUT2D eigenvalue weighted by molar-refractivity contribution is -0.115. The molecule has 22 heavy (non-hydrogen) atoms. The molecule has 1 heterocycles. The van der Waals surface area contributed by atoms with Gasteiger partial charge in [0.15, 0.2) is 0 Å². The highest BCUT2D eigenvalue weighted by atomic mass is 35.5. The maximum Gasteiger partial charge on any atom is 0.225 e. The van der Waals surface area contributed by atoms with Crippen molar-refractivity contribution in [2.45, 2.75) is 17.7 Å². The normalized spacial score (nSPS) is 12.6. The van der Waals surface area contributed by atoms with E-state index in [4.69, 9.17) is 16.3 Å². The largest absolute Gasteiger partial charge is 0.493 e. The summed E-state index contributed by atoms with van der Waals surface area (Å²) in [5.74, 6) is 1.63. The molecule has 0 fully saturated rings. The zero-order chi connectivity index (χ0) is 15.4. The third kappa shape index (κ3) is 3.76. The summed E-state index contributed by atoms with van der Waals surface area (Å²) in [5, 5.41) is 3.66. The van der Waals surface area contributed by atoms with Crippen molar-refractivity contribution >= 4 is 35.0 Å². The number of rotatable bonds is 5. The van der Waals surface area contributed by atoms with Crippen LogP contribution in [-0.2, 0) is 11.2 Å². The number of fused-ring (bicyclic) bond motifs is 1. The Kier molecular flexibility index (Phi) is 4.90. The van der Waals surface area contributed by atoms with Crippen molar-refractivity contribution < 1.29 is 9.53 Å². The van der Waals surface area contributed by atoms with Crippen molar-refractivity contribution in [2.24, 2.45) is 0 Å². The van der Waals surface area contributed by atoms with Crippen molar-refractivity contribution in [3.63, 3.8) is 0 Å². The second-order valence-corrected chi connectivity index (χ2v) is 6.54. The van der Waals surface area contributed by atoms with Gasteiger partial charge in [-0.2, -0.15) is 0 Å². The fraction of sp³-hybridized carbons (Fsp3) is 0.235. The Labute approximate surface area is 139 Å². The molecule has 1 aliphatic rings. The molecule has 0 unspecified atom stereocenters.